The predicted octanol–water partition coefficient (Wildman–Crippen LogP) is 2.91. The minimum Gasteiger partial charge on any atom is -0.490 e. The average Bonchev–Trinajstić information content (AvgIpc) is 3.68. The van der Waals surface area contributed by atoms with Crippen LogP contribution in [0.15, 0.2) is 35.3 Å². The van der Waals surface area contributed by atoms with Gasteiger partial charge in [-0.1, -0.05) is 12.2 Å². The molecule has 2 heterocycles. The highest BCUT2D eigenvalue weighted by atomic mass is 35.5. The second kappa shape index (κ2) is 10.2. The summed E-state index contributed by atoms with van der Waals surface area (Å²) < 4.78 is 93.7. The minimum absolute atomic E-state index is 0.0113. The SMILES string of the molecule is O=C(CS(=O)(=O)CCC1OCCC2(S(=O)(=O)C3=CCC(Cl)C=C3)c3c(F)ccc(F)c3OCC12)NC1CC1. The van der Waals surface area contributed by atoms with Gasteiger partial charge in [-0.3, -0.25) is 4.79 Å². The highest BCUT2D eigenvalue weighted by Gasteiger charge is 2.62. The van der Waals surface area contributed by atoms with Crippen molar-refractivity contribution in [1.82, 2.24) is 5.32 Å². The number of hydrogen-bond donors (Lipinski definition) is 1. The Labute approximate surface area is 225 Å². The molecule has 208 valence electrons. The third kappa shape index (κ3) is 5.00. The summed E-state index contributed by atoms with van der Waals surface area (Å²) in [5.41, 5.74) is -0.406. The van der Waals surface area contributed by atoms with Gasteiger partial charge in [-0.25, -0.2) is 25.6 Å². The first-order valence-corrected chi connectivity index (χ1v) is 16.2. The molecule has 1 saturated carbocycles. The van der Waals surface area contributed by atoms with E-state index in [0.29, 0.717) is 0 Å². The van der Waals surface area contributed by atoms with Gasteiger partial charge in [0.2, 0.25) is 5.91 Å². The molecular formula is C25H28ClF2NO7S2. The fourth-order valence-electron chi connectivity index (χ4n) is 5.56. The summed E-state index contributed by atoms with van der Waals surface area (Å²) in [7, 11) is -8.21. The van der Waals surface area contributed by atoms with Crippen LogP contribution in [0, 0.1) is 17.6 Å². The standard InChI is InChI=1S/C25H28ClF2NO7S2/c26-15-1-5-17(6-2-15)38(33,34)25-10-11-35-21(9-12-37(31,32)14-22(30)29-16-3-4-16)18(25)13-36-24-20(28)8-7-19(27)23(24)25/h1,5-8,15-16,18,21H,2-4,9-14H2,(H,29,30). The molecule has 2 fully saturated rings. The van der Waals surface area contributed by atoms with E-state index in [2.05, 4.69) is 5.32 Å². The number of benzene rings is 1. The normalized spacial score (nSPS) is 29.0. The summed E-state index contributed by atoms with van der Waals surface area (Å²) in [6, 6.07) is 1.75. The van der Waals surface area contributed by atoms with Crippen LogP contribution in [0.25, 0.3) is 0 Å². The highest BCUT2D eigenvalue weighted by molar-refractivity contribution is 7.96. The Balaban J connectivity index is 1.50. The van der Waals surface area contributed by atoms with Crippen LogP contribution in [-0.2, 0) is 34.0 Å². The summed E-state index contributed by atoms with van der Waals surface area (Å²) in [5.74, 6) is -5.06. The van der Waals surface area contributed by atoms with Crippen molar-refractivity contribution < 1.29 is 39.9 Å². The number of amides is 1. The second-order valence-corrected chi connectivity index (χ2v) is 15.1. The number of carbonyl (C=O) groups is 1. The molecule has 0 bridgehead atoms. The van der Waals surface area contributed by atoms with E-state index in [1.54, 1.807) is 0 Å². The maximum atomic E-state index is 15.4. The molecule has 1 N–H and O–H groups in total. The largest absolute Gasteiger partial charge is 0.490 e. The molecule has 13 heteroatoms. The van der Waals surface area contributed by atoms with Gasteiger partial charge in [0.15, 0.2) is 31.2 Å². The van der Waals surface area contributed by atoms with E-state index in [9.17, 15) is 26.0 Å². The molecule has 0 spiro atoms. The zero-order valence-corrected chi connectivity index (χ0v) is 22.8. The van der Waals surface area contributed by atoms with Crippen molar-refractivity contribution in [3.05, 3.63) is 52.5 Å². The van der Waals surface area contributed by atoms with Gasteiger partial charge < -0.3 is 14.8 Å². The average molecular weight is 592 g/mol. The molecule has 2 aliphatic carbocycles. The first-order chi connectivity index (χ1) is 17.9. The summed E-state index contributed by atoms with van der Waals surface area (Å²) >= 11 is 6.09. The van der Waals surface area contributed by atoms with Crippen LogP contribution in [0.1, 0.15) is 37.7 Å². The smallest absolute Gasteiger partial charge is 0.235 e. The lowest BCUT2D eigenvalue weighted by Gasteiger charge is -2.50. The van der Waals surface area contributed by atoms with E-state index in [0.717, 1.165) is 25.0 Å². The number of sulfone groups is 2. The third-order valence-electron chi connectivity index (χ3n) is 7.55. The Hall–Kier alpha value is -2.02. The van der Waals surface area contributed by atoms with Crippen molar-refractivity contribution >= 4 is 37.2 Å². The lowest BCUT2D eigenvalue weighted by atomic mass is 9.75. The summed E-state index contributed by atoms with van der Waals surface area (Å²) in [4.78, 5) is 12.0. The number of halogens is 3. The van der Waals surface area contributed by atoms with Crippen molar-refractivity contribution in [3.8, 4) is 5.75 Å². The number of hydrogen-bond acceptors (Lipinski definition) is 7. The van der Waals surface area contributed by atoms with Crippen molar-refractivity contribution in [2.24, 2.45) is 5.92 Å². The summed E-state index contributed by atoms with van der Waals surface area (Å²) in [6.45, 7) is -0.457. The van der Waals surface area contributed by atoms with Crippen molar-refractivity contribution in [1.29, 1.82) is 0 Å². The van der Waals surface area contributed by atoms with Gasteiger partial charge in [-0.2, -0.15) is 0 Å². The maximum absolute atomic E-state index is 15.4. The van der Waals surface area contributed by atoms with Crippen molar-refractivity contribution in [3.63, 3.8) is 0 Å². The number of nitrogens with one attached hydrogen (secondary N) is 1. The molecule has 4 atom stereocenters. The van der Waals surface area contributed by atoms with E-state index in [4.69, 9.17) is 21.1 Å². The molecule has 2 aliphatic heterocycles. The molecule has 38 heavy (non-hydrogen) atoms. The van der Waals surface area contributed by atoms with E-state index in [-0.39, 0.29) is 43.4 Å². The monoisotopic (exact) mass is 591 g/mol. The molecule has 4 aliphatic rings. The first kappa shape index (κ1) is 27.5. The molecule has 1 aromatic rings. The molecule has 1 amide bonds. The van der Waals surface area contributed by atoms with Gasteiger partial charge in [0.1, 0.15) is 16.3 Å². The van der Waals surface area contributed by atoms with Crippen molar-refractivity contribution in [2.45, 2.75) is 54.4 Å². The maximum Gasteiger partial charge on any atom is 0.235 e. The summed E-state index contributed by atoms with van der Waals surface area (Å²) in [5, 5.41) is 2.23. The number of rotatable bonds is 8. The molecular weight excluding hydrogens is 564 g/mol. The second-order valence-electron chi connectivity index (χ2n) is 10.1. The number of alkyl halides is 1. The van der Waals surface area contributed by atoms with Crippen LogP contribution in [0.2, 0.25) is 0 Å². The Bertz CT molecular complexity index is 1410. The van der Waals surface area contributed by atoms with Gasteiger partial charge in [-0.15, -0.1) is 11.6 Å². The van der Waals surface area contributed by atoms with Gasteiger partial charge in [-0.05, 0) is 50.3 Å². The molecule has 8 nitrogen and oxygen atoms in total. The Morgan fingerprint density at radius 2 is 1.89 bits per heavy atom. The molecule has 1 saturated heterocycles. The van der Waals surface area contributed by atoms with Gasteiger partial charge in [0, 0.05) is 18.6 Å². The Kier molecular flexibility index (Phi) is 7.38. The van der Waals surface area contributed by atoms with Crippen LogP contribution in [0.4, 0.5) is 8.78 Å². The zero-order valence-electron chi connectivity index (χ0n) is 20.4. The van der Waals surface area contributed by atoms with Crippen LogP contribution in [-0.4, -0.2) is 65.0 Å². The molecule has 4 unspecified atom stereocenters. The number of fused-ring (bicyclic) bond motifs is 3. The quantitative estimate of drug-likeness (QED) is 0.462. The Morgan fingerprint density at radius 3 is 2.58 bits per heavy atom. The van der Waals surface area contributed by atoms with E-state index in [1.807, 2.05) is 0 Å². The lowest BCUT2D eigenvalue weighted by molar-refractivity contribution is -0.118. The van der Waals surface area contributed by atoms with E-state index in [1.165, 1.54) is 18.2 Å². The first-order valence-electron chi connectivity index (χ1n) is 12.4. The molecule has 0 radical (unpaired) electrons. The minimum atomic E-state index is -4.36. The topological polar surface area (TPSA) is 116 Å². The number of carbonyl (C=O) groups excluding carboxylic acids is 1. The number of ether oxygens (including phenoxy) is 2. The summed E-state index contributed by atoms with van der Waals surface area (Å²) in [6.07, 6.45) is 4.92. The fraction of sp³-hybridized carbons (Fsp3) is 0.560. The fourth-order valence-corrected chi connectivity index (χ4v) is 9.36. The van der Waals surface area contributed by atoms with Gasteiger partial charge in [0.05, 0.1) is 34.3 Å². The molecule has 1 aromatic carbocycles. The highest BCUT2D eigenvalue weighted by Crippen LogP contribution is 2.56. The number of allylic oxidation sites excluding steroid dienone is 3. The van der Waals surface area contributed by atoms with E-state index < -0.39 is 82.2 Å². The van der Waals surface area contributed by atoms with Crippen LogP contribution in [0.3, 0.4) is 0 Å². The van der Waals surface area contributed by atoms with E-state index >= 15 is 4.39 Å². The van der Waals surface area contributed by atoms with Crippen LogP contribution < -0.4 is 10.1 Å². The molecule has 5 rings (SSSR count). The Morgan fingerprint density at radius 1 is 1.16 bits per heavy atom. The lowest BCUT2D eigenvalue weighted by Crippen LogP contribution is -2.58. The van der Waals surface area contributed by atoms with Crippen LogP contribution in [0.5, 0.6) is 5.75 Å². The third-order valence-corrected chi connectivity index (χ3v) is 12.0. The predicted molar refractivity (Wildman–Crippen MR) is 136 cm³/mol. The zero-order chi connectivity index (χ0) is 27.3. The van der Waals surface area contributed by atoms with Gasteiger partial charge in [0.25, 0.3) is 0 Å². The van der Waals surface area contributed by atoms with Crippen molar-refractivity contribution in [2.75, 3.05) is 24.7 Å². The van der Waals surface area contributed by atoms with Crippen LogP contribution >= 0.6 is 11.6 Å². The van der Waals surface area contributed by atoms with Gasteiger partial charge >= 0.3 is 0 Å². The molecule has 0 aromatic heterocycles.